The number of benzene rings is 2. The summed E-state index contributed by atoms with van der Waals surface area (Å²) in [5.41, 5.74) is 1.63. The number of ether oxygens (including phenoxy) is 2. The molecule has 4 nitrogen and oxygen atoms in total. The quantitative estimate of drug-likeness (QED) is 0.635. The summed E-state index contributed by atoms with van der Waals surface area (Å²) in [7, 11) is 0. The molecule has 1 saturated heterocycles. The van der Waals surface area contributed by atoms with E-state index in [1.807, 2.05) is 42.2 Å². The van der Waals surface area contributed by atoms with Gasteiger partial charge >= 0.3 is 0 Å². The zero-order valence-corrected chi connectivity index (χ0v) is 16.4. The van der Waals surface area contributed by atoms with E-state index in [2.05, 4.69) is 0 Å². The summed E-state index contributed by atoms with van der Waals surface area (Å²) in [5.74, 6) is 0.903. The predicted octanol–water partition coefficient (Wildman–Crippen LogP) is 4.34. The number of hydrogen-bond donors (Lipinski definition) is 0. The molecule has 1 heterocycles. The lowest BCUT2D eigenvalue weighted by molar-refractivity contribution is 0.0681. The topological polar surface area (TPSA) is 38.8 Å². The summed E-state index contributed by atoms with van der Waals surface area (Å²) >= 11 is 0. The second-order valence-electron chi connectivity index (χ2n) is 7.11. The molecule has 0 spiro atoms. The molecule has 0 aromatic heterocycles. The number of carbonyl (C=O) groups is 1. The zero-order chi connectivity index (χ0) is 19.8. The molecule has 1 aliphatic heterocycles. The summed E-state index contributed by atoms with van der Waals surface area (Å²) in [6.45, 7) is 4.94. The minimum atomic E-state index is -0.189. The van der Waals surface area contributed by atoms with Crippen molar-refractivity contribution in [3.8, 4) is 5.75 Å². The van der Waals surface area contributed by atoms with Gasteiger partial charge < -0.3 is 14.4 Å². The number of halogens is 1. The van der Waals surface area contributed by atoms with Crippen LogP contribution in [0.25, 0.3) is 0 Å². The fraction of sp³-hybridized carbons (Fsp3) is 0.435. The highest BCUT2D eigenvalue weighted by molar-refractivity contribution is 5.97. The number of para-hydroxylation sites is 1. The van der Waals surface area contributed by atoms with Crippen molar-refractivity contribution >= 4 is 5.91 Å². The third-order valence-electron chi connectivity index (χ3n) is 5.12. The number of piperidine rings is 1. The molecular formula is C23H28FNO3. The molecule has 150 valence electrons. The molecule has 0 aliphatic carbocycles. The van der Waals surface area contributed by atoms with Gasteiger partial charge in [-0.2, -0.15) is 0 Å². The molecule has 3 rings (SSSR count). The highest BCUT2D eigenvalue weighted by Crippen LogP contribution is 2.26. The molecule has 0 atom stereocenters. The van der Waals surface area contributed by atoms with Crippen molar-refractivity contribution in [2.75, 3.05) is 32.9 Å². The van der Waals surface area contributed by atoms with Gasteiger partial charge in [-0.3, -0.25) is 4.79 Å². The molecule has 0 unspecified atom stereocenters. The summed E-state index contributed by atoms with van der Waals surface area (Å²) < 4.78 is 24.4. The standard InChI is InChI=1S/C23H28FNO3/c1-2-27-14-15-28-22-9-4-3-8-21(22)23(26)25-12-10-18(11-13-25)16-19-6-5-7-20(24)17-19/h3-9,17-18H,2,10-16H2,1H3. The molecule has 0 bridgehead atoms. The van der Waals surface area contributed by atoms with E-state index in [9.17, 15) is 9.18 Å². The maximum Gasteiger partial charge on any atom is 0.257 e. The van der Waals surface area contributed by atoms with Gasteiger partial charge in [0, 0.05) is 19.7 Å². The maximum absolute atomic E-state index is 13.4. The van der Waals surface area contributed by atoms with Crippen molar-refractivity contribution < 1.29 is 18.7 Å². The number of carbonyl (C=O) groups excluding carboxylic acids is 1. The van der Waals surface area contributed by atoms with Gasteiger partial charge in [0.05, 0.1) is 12.2 Å². The summed E-state index contributed by atoms with van der Waals surface area (Å²) in [6.07, 6.45) is 2.71. The lowest BCUT2D eigenvalue weighted by Crippen LogP contribution is -2.39. The minimum absolute atomic E-state index is 0.0104. The predicted molar refractivity (Wildman–Crippen MR) is 107 cm³/mol. The fourth-order valence-electron chi connectivity index (χ4n) is 3.63. The van der Waals surface area contributed by atoms with Crippen LogP contribution in [0, 0.1) is 11.7 Å². The van der Waals surface area contributed by atoms with Gasteiger partial charge in [-0.05, 0) is 61.9 Å². The molecule has 2 aromatic carbocycles. The zero-order valence-electron chi connectivity index (χ0n) is 16.4. The van der Waals surface area contributed by atoms with Crippen molar-refractivity contribution in [2.45, 2.75) is 26.2 Å². The van der Waals surface area contributed by atoms with Crippen LogP contribution in [-0.4, -0.2) is 43.7 Å². The van der Waals surface area contributed by atoms with E-state index in [-0.39, 0.29) is 11.7 Å². The van der Waals surface area contributed by atoms with Gasteiger partial charge in [-0.15, -0.1) is 0 Å². The Morgan fingerprint density at radius 1 is 1.11 bits per heavy atom. The van der Waals surface area contributed by atoms with Crippen molar-refractivity contribution in [2.24, 2.45) is 5.92 Å². The highest BCUT2D eigenvalue weighted by Gasteiger charge is 2.25. The number of likely N-dealkylation sites (tertiary alicyclic amines) is 1. The molecule has 1 aliphatic rings. The van der Waals surface area contributed by atoms with Crippen LogP contribution in [0.1, 0.15) is 35.7 Å². The smallest absolute Gasteiger partial charge is 0.257 e. The van der Waals surface area contributed by atoms with Crippen molar-refractivity contribution in [3.05, 3.63) is 65.5 Å². The van der Waals surface area contributed by atoms with Crippen LogP contribution in [-0.2, 0) is 11.2 Å². The first-order valence-electron chi connectivity index (χ1n) is 10.0. The Balaban J connectivity index is 1.55. The Morgan fingerprint density at radius 2 is 1.89 bits per heavy atom. The Kier molecular flexibility index (Phi) is 7.43. The van der Waals surface area contributed by atoms with Gasteiger partial charge in [0.2, 0.25) is 0 Å². The highest BCUT2D eigenvalue weighted by atomic mass is 19.1. The van der Waals surface area contributed by atoms with E-state index < -0.39 is 0 Å². The number of nitrogens with zero attached hydrogens (tertiary/aromatic N) is 1. The molecule has 1 amide bonds. The first-order chi connectivity index (χ1) is 13.7. The fourth-order valence-corrected chi connectivity index (χ4v) is 3.63. The third-order valence-corrected chi connectivity index (χ3v) is 5.12. The van der Waals surface area contributed by atoms with E-state index in [1.54, 1.807) is 12.1 Å². The molecule has 2 aromatic rings. The third kappa shape index (κ3) is 5.55. The average Bonchev–Trinajstić information content (AvgIpc) is 2.72. The summed E-state index contributed by atoms with van der Waals surface area (Å²) in [4.78, 5) is 14.9. The monoisotopic (exact) mass is 385 g/mol. The van der Waals surface area contributed by atoms with Crippen LogP contribution in [0.3, 0.4) is 0 Å². The minimum Gasteiger partial charge on any atom is -0.490 e. The number of hydrogen-bond acceptors (Lipinski definition) is 3. The normalized spacial score (nSPS) is 14.9. The van der Waals surface area contributed by atoms with E-state index in [0.29, 0.717) is 50.1 Å². The largest absolute Gasteiger partial charge is 0.490 e. The van der Waals surface area contributed by atoms with Crippen molar-refractivity contribution in [1.29, 1.82) is 0 Å². The van der Waals surface area contributed by atoms with Gasteiger partial charge in [-0.1, -0.05) is 24.3 Å². The van der Waals surface area contributed by atoms with E-state index in [4.69, 9.17) is 9.47 Å². The molecule has 0 radical (unpaired) electrons. The number of amides is 1. The van der Waals surface area contributed by atoms with E-state index >= 15 is 0 Å². The summed E-state index contributed by atoms with van der Waals surface area (Å²) in [6, 6.07) is 14.2. The van der Waals surface area contributed by atoms with Crippen LogP contribution >= 0.6 is 0 Å². The van der Waals surface area contributed by atoms with Gasteiger partial charge in [0.25, 0.3) is 5.91 Å². The van der Waals surface area contributed by atoms with Crippen molar-refractivity contribution in [1.82, 2.24) is 4.90 Å². The number of rotatable bonds is 8. The molecular weight excluding hydrogens is 357 g/mol. The average molecular weight is 385 g/mol. The Bertz CT molecular complexity index is 772. The van der Waals surface area contributed by atoms with Crippen LogP contribution in [0.2, 0.25) is 0 Å². The Hall–Kier alpha value is -2.40. The van der Waals surface area contributed by atoms with Crippen LogP contribution in [0.15, 0.2) is 48.5 Å². The summed E-state index contributed by atoms with van der Waals surface area (Å²) in [5, 5.41) is 0. The van der Waals surface area contributed by atoms with E-state index in [1.165, 1.54) is 6.07 Å². The second-order valence-corrected chi connectivity index (χ2v) is 7.11. The molecule has 1 fully saturated rings. The maximum atomic E-state index is 13.4. The van der Waals surface area contributed by atoms with Crippen LogP contribution in [0.4, 0.5) is 4.39 Å². The van der Waals surface area contributed by atoms with Gasteiger partial charge in [0.15, 0.2) is 0 Å². The van der Waals surface area contributed by atoms with Gasteiger partial charge in [0.1, 0.15) is 18.2 Å². The van der Waals surface area contributed by atoms with Crippen molar-refractivity contribution in [3.63, 3.8) is 0 Å². The first kappa shape index (κ1) is 20.3. The molecule has 0 N–H and O–H groups in total. The molecule has 5 heteroatoms. The lowest BCUT2D eigenvalue weighted by atomic mass is 9.90. The van der Waals surface area contributed by atoms with E-state index in [0.717, 1.165) is 24.8 Å². The SMILES string of the molecule is CCOCCOc1ccccc1C(=O)N1CCC(Cc2cccc(F)c2)CC1. The Morgan fingerprint density at radius 3 is 2.64 bits per heavy atom. The molecule has 28 heavy (non-hydrogen) atoms. The second kappa shape index (κ2) is 10.2. The molecule has 0 saturated carbocycles. The lowest BCUT2D eigenvalue weighted by Gasteiger charge is -2.32. The Labute approximate surface area is 166 Å². The van der Waals surface area contributed by atoms with Gasteiger partial charge in [-0.25, -0.2) is 4.39 Å². The van der Waals surface area contributed by atoms with Crippen LogP contribution in [0.5, 0.6) is 5.75 Å². The first-order valence-corrected chi connectivity index (χ1v) is 10.0. The van der Waals surface area contributed by atoms with Crippen LogP contribution < -0.4 is 4.74 Å².